The maximum absolute atomic E-state index is 12.9. The third-order valence-electron chi connectivity index (χ3n) is 4.26. The summed E-state index contributed by atoms with van der Waals surface area (Å²) in [7, 11) is 1.38. The molecule has 0 saturated carbocycles. The smallest absolute Gasteiger partial charge is 0.387 e. The highest BCUT2D eigenvalue weighted by Gasteiger charge is 2.21. The zero-order chi connectivity index (χ0) is 23.3. The van der Waals surface area contributed by atoms with E-state index < -0.39 is 18.2 Å². The molecule has 1 aromatic heterocycles. The molecule has 0 bridgehead atoms. The van der Waals surface area contributed by atoms with Gasteiger partial charge in [-0.2, -0.15) is 8.78 Å². The molecule has 2 aromatic carbocycles. The quantitative estimate of drug-likeness (QED) is 0.380. The first kappa shape index (κ1) is 23.5. The van der Waals surface area contributed by atoms with Gasteiger partial charge >= 0.3 is 12.6 Å². The van der Waals surface area contributed by atoms with Gasteiger partial charge in [0, 0.05) is 28.5 Å². The van der Waals surface area contributed by atoms with Gasteiger partial charge in [-0.1, -0.05) is 6.07 Å². The Hall–Kier alpha value is -3.20. The first-order valence-electron chi connectivity index (χ1n) is 9.77. The lowest BCUT2D eigenvalue weighted by atomic mass is 10.1. The van der Waals surface area contributed by atoms with E-state index in [1.807, 2.05) is 11.0 Å². The molecular weight excluding hydrogens is 438 g/mol. The van der Waals surface area contributed by atoms with E-state index in [0.29, 0.717) is 23.5 Å². The Balaban J connectivity index is 2.03. The van der Waals surface area contributed by atoms with Crippen LogP contribution in [0.25, 0.3) is 0 Å². The molecule has 3 rings (SSSR count). The van der Waals surface area contributed by atoms with Gasteiger partial charge in [0.2, 0.25) is 0 Å². The summed E-state index contributed by atoms with van der Waals surface area (Å²) in [4.78, 5) is 19.5. The van der Waals surface area contributed by atoms with Gasteiger partial charge < -0.3 is 19.1 Å². The largest absolute Gasteiger partial charge is 0.493 e. The summed E-state index contributed by atoms with van der Waals surface area (Å²) in [5.41, 5.74) is 2.71. The fourth-order valence-corrected chi connectivity index (χ4v) is 3.55. The maximum Gasteiger partial charge on any atom is 0.387 e. The topological polar surface area (TPSA) is 60.9 Å². The number of hydrogen-bond acceptors (Lipinski definition) is 7. The third kappa shape index (κ3) is 6.16. The van der Waals surface area contributed by atoms with Crippen molar-refractivity contribution in [3.8, 4) is 11.5 Å². The number of benzene rings is 2. The first-order chi connectivity index (χ1) is 15.2. The number of aromatic nitrogens is 1. The highest BCUT2D eigenvalue weighted by molar-refractivity contribution is 7.09. The van der Waals surface area contributed by atoms with Crippen molar-refractivity contribution in [2.75, 3.05) is 12.0 Å². The fraction of sp³-hybridized carbons (Fsp3) is 0.304. The fourth-order valence-electron chi connectivity index (χ4n) is 2.97. The predicted molar refractivity (Wildman–Crippen MR) is 119 cm³/mol. The minimum Gasteiger partial charge on any atom is -0.493 e. The Morgan fingerprint density at radius 2 is 1.88 bits per heavy atom. The van der Waals surface area contributed by atoms with Gasteiger partial charge in [-0.15, -0.1) is 11.3 Å². The van der Waals surface area contributed by atoms with Crippen LogP contribution in [0.5, 0.6) is 11.5 Å². The molecule has 0 unspecified atom stereocenters. The van der Waals surface area contributed by atoms with Gasteiger partial charge in [-0.05, 0) is 51.1 Å². The third-order valence-corrected chi connectivity index (χ3v) is 5.03. The van der Waals surface area contributed by atoms with Gasteiger partial charge in [0.15, 0.2) is 11.5 Å². The Kier molecular flexibility index (Phi) is 7.29. The summed E-state index contributed by atoms with van der Waals surface area (Å²) in [6.45, 7) is 2.80. The van der Waals surface area contributed by atoms with Crippen molar-refractivity contribution in [2.24, 2.45) is 0 Å². The number of halogens is 2. The van der Waals surface area contributed by atoms with Crippen LogP contribution in [-0.2, 0) is 11.3 Å². The van der Waals surface area contributed by atoms with Gasteiger partial charge in [-0.25, -0.2) is 4.79 Å². The SMILES string of the molecule is COc1ccc(N(Cc2cncs2)c2cccc(C(=O)OC(C)(C)C)c2)cc1OC(F)F. The zero-order valence-electron chi connectivity index (χ0n) is 18.2. The number of carbonyl (C=O) groups excluding carboxylic acids is 1. The minimum absolute atomic E-state index is 0.0856. The van der Waals surface area contributed by atoms with E-state index >= 15 is 0 Å². The van der Waals surface area contributed by atoms with Crippen LogP contribution in [-0.4, -0.2) is 30.3 Å². The second-order valence-corrected chi connectivity index (χ2v) is 8.79. The number of methoxy groups -OCH3 is 1. The summed E-state index contributed by atoms with van der Waals surface area (Å²) >= 11 is 1.46. The van der Waals surface area contributed by atoms with Crippen LogP contribution in [0, 0.1) is 0 Å². The van der Waals surface area contributed by atoms with Crippen LogP contribution in [0.15, 0.2) is 54.2 Å². The molecule has 0 aliphatic carbocycles. The standard InChI is InChI=1S/C23H24F2N2O4S/c1-23(2,3)31-21(28)15-6-5-7-16(10-15)27(13-18-12-26-14-32-18)17-8-9-19(29-4)20(11-17)30-22(24)25/h5-12,14,22H,13H2,1-4H3. The van der Waals surface area contributed by atoms with Crippen LogP contribution in [0.1, 0.15) is 36.0 Å². The Labute approximate surface area is 189 Å². The highest BCUT2D eigenvalue weighted by atomic mass is 32.1. The van der Waals surface area contributed by atoms with Crippen molar-refractivity contribution >= 4 is 28.7 Å². The molecule has 0 aliphatic rings. The number of nitrogens with zero attached hydrogens (tertiary/aromatic N) is 2. The second-order valence-electron chi connectivity index (χ2n) is 7.82. The molecule has 6 nitrogen and oxygen atoms in total. The summed E-state index contributed by atoms with van der Waals surface area (Å²) in [5, 5.41) is 0. The van der Waals surface area contributed by atoms with Crippen LogP contribution in [0.4, 0.5) is 20.2 Å². The molecule has 1 heterocycles. The minimum atomic E-state index is -3.00. The van der Waals surface area contributed by atoms with Crippen molar-refractivity contribution in [3.63, 3.8) is 0 Å². The van der Waals surface area contributed by atoms with Gasteiger partial charge in [0.05, 0.1) is 24.7 Å². The van der Waals surface area contributed by atoms with Crippen molar-refractivity contribution in [3.05, 3.63) is 64.6 Å². The molecule has 0 fully saturated rings. The van der Waals surface area contributed by atoms with Crippen LogP contribution >= 0.6 is 11.3 Å². The summed E-state index contributed by atoms with van der Waals surface area (Å²) < 4.78 is 41.1. The molecular formula is C23H24F2N2O4S. The average Bonchev–Trinajstić information content (AvgIpc) is 3.24. The van der Waals surface area contributed by atoms with E-state index in [-0.39, 0.29) is 11.5 Å². The molecule has 0 radical (unpaired) electrons. The predicted octanol–water partition coefficient (Wildman–Crippen LogP) is 6.05. The molecule has 9 heteroatoms. The lowest BCUT2D eigenvalue weighted by molar-refractivity contribution is -0.0511. The van der Waals surface area contributed by atoms with Gasteiger partial charge in [-0.3, -0.25) is 4.98 Å². The van der Waals surface area contributed by atoms with E-state index in [2.05, 4.69) is 9.72 Å². The molecule has 0 amide bonds. The van der Waals surface area contributed by atoms with Crippen molar-refractivity contribution in [2.45, 2.75) is 39.5 Å². The van der Waals surface area contributed by atoms with Crippen LogP contribution in [0.3, 0.4) is 0 Å². The summed E-state index contributed by atoms with van der Waals surface area (Å²) in [5.74, 6) is -0.347. The highest BCUT2D eigenvalue weighted by Crippen LogP contribution is 2.37. The van der Waals surface area contributed by atoms with E-state index in [9.17, 15) is 13.6 Å². The number of ether oxygens (including phenoxy) is 3. The normalized spacial score (nSPS) is 11.3. The lowest BCUT2D eigenvalue weighted by Gasteiger charge is -2.26. The molecule has 0 N–H and O–H groups in total. The monoisotopic (exact) mass is 462 g/mol. The molecule has 0 atom stereocenters. The second kappa shape index (κ2) is 9.95. The number of rotatable bonds is 8. The van der Waals surface area contributed by atoms with Gasteiger partial charge in [0.1, 0.15) is 5.60 Å². The number of carbonyl (C=O) groups is 1. The van der Waals surface area contributed by atoms with E-state index in [1.165, 1.54) is 24.5 Å². The van der Waals surface area contributed by atoms with Crippen molar-refractivity contribution < 1.29 is 27.8 Å². The van der Waals surface area contributed by atoms with E-state index in [1.54, 1.807) is 62.8 Å². The van der Waals surface area contributed by atoms with Crippen molar-refractivity contribution in [1.82, 2.24) is 4.98 Å². The van der Waals surface area contributed by atoms with E-state index in [4.69, 9.17) is 9.47 Å². The van der Waals surface area contributed by atoms with E-state index in [0.717, 1.165) is 4.88 Å². The average molecular weight is 463 g/mol. The zero-order valence-corrected chi connectivity index (χ0v) is 19.0. The lowest BCUT2D eigenvalue weighted by Crippen LogP contribution is -2.24. The van der Waals surface area contributed by atoms with Gasteiger partial charge in [0.25, 0.3) is 0 Å². The molecule has 32 heavy (non-hydrogen) atoms. The summed E-state index contributed by atoms with van der Waals surface area (Å²) in [6, 6.07) is 11.7. The molecule has 3 aromatic rings. The Morgan fingerprint density at radius 1 is 1.12 bits per heavy atom. The number of anilines is 2. The Morgan fingerprint density at radius 3 is 2.50 bits per heavy atom. The number of alkyl halides is 2. The first-order valence-corrected chi connectivity index (χ1v) is 10.7. The summed E-state index contributed by atoms with van der Waals surface area (Å²) in [6.07, 6.45) is 1.73. The van der Waals surface area contributed by atoms with Crippen LogP contribution < -0.4 is 14.4 Å². The number of esters is 1. The number of thiazole rings is 1. The van der Waals surface area contributed by atoms with Crippen molar-refractivity contribution in [1.29, 1.82) is 0 Å². The molecule has 170 valence electrons. The maximum atomic E-state index is 12.9. The van der Waals surface area contributed by atoms with Crippen LogP contribution in [0.2, 0.25) is 0 Å². The molecule has 0 saturated heterocycles. The number of hydrogen-bond donors (Lipinski definition) is 0. The molecule has 0 spiro atoms. The molecule has 0 aliphatic heterocycles. The Bertz CT molecular complexity index is 1050.